The molecule has 0 unspecified atom stereocenters. The molecule has 0 aliphatic carbocycles. The van der Waals surface area contributed by atoms with Crippen molar-refractivity contribution >= 4 is 29.3 Å². The number of hydrogen-bond acceptors (Lipinski definition) is 4. The lowest BCUT2D eigenvalue weighted by molar-refractivity contribution is -0.160. The van der Waals surface area contributed by atoms with Crippen LogP contribution in [0.15, 0.2) is 17.0 Å². The van der Waals surface area contributed by atoms with Crippen molar-refractivity contribution < 1.29 is 45.0 Å². The highest BCUT2D eigenvalue weighted by molar-refractivity contribution is 7.98. The van der Waals surface area contributed by atoms with E-state index in [0.717, 1.165) is 23.9 Å². The number of ether oxygens (including phenoxy) is 2. The Morgan fingerprint density at radius 2 is 1.50 bits per heavy atom. The molecule has 0 aromatic heterocycles. The van der Waals surface area contributed by atoms with Crippen LogP contribution >= 0.6 is 23.4 Å². The predicted octanol–water partition coefficient (Wildman–Crippen LogP) is 5.97. The lowest BCUT2D eigenvalue weighted by Gasteiger charge is -2.17. The van der Waals surface area contributed by atoms with E-state index in [-0.39, 0.29) is 4.90 Å². The SMILES string of the molecule is CSc1c(OC(C)(F)F)ccc(C(=O)Oc2c(F)c(F)c(F)c(F)c2F)c1Cl. The maximum Gasteiger partial charge on any atom is 0.394 e. The van der Waals surface area contributed by atoms with E-state index < -0.39 is 63.2 Å². The summed E-state index contributed by atoms with van der Waals surface area (Å²) in [5, 5.41) is -0.483. The Balaban J connectivity index is 2.47. The second kappa shape index (κ2) is 8.08. The van der Waals surface area contributed by atoms with Crippen molar-refractivity contribution in [3.05, 3.63) is 51.8 Å². The van der Waals surface area contributed by atoms with Gasteiger partial charge in [-0.1, -0.05) is 11.6 Å². The molecule has 0 amide bonds. The number of halogens is 8. The number of carbonyl (C=O) groups excluding carboxylic acids is 1. The highest BCUT2D eigenvalue weighted by atomic mass is 35.5. The molecule has 0 aliphatic heterocycles. The number of rotatable bonds is 5. The molecule has 2 aromatic rings. The lowest BCUT2D eigenvalue weighted by Crippen LogP contribution is -2.20. The molecular weight excluding hydrogens is 441 g/mol. The minimum absolute atomic E-state index is 0.143. The second-order valence-electron chi connectivity index (χ2n) is 5.16. The van der Waals surface area contributed by atoms with Crippen LogP contribution in [0.5, 0.6) is 11.5 Å². The summed E-state index contributed by atoms with van der Waals surface area (Å²) in [4.78, 5) is 12.0. The van der Waals surface area contributed by atoms with Gasteiger partial charge in [-0.3, -0.25) is 0 Å². The first-order chi connectivity index (χ1) is 12.9. The Bertz CT molecular complexity index is 918. The van der Waals surface area contributed by atoms with Crippen LogP contribution in [0.4, 0.5) is 30.7 Å². The molecule has 0 saturated carbocycles. The number of alkyl halides is 2. The molecular formula is C16H8ClF7O3S. The predicted molar refractivity (Wildman–Crippen MR) is 85.7 cm³/mol. The zero-order chi connectivity index (χ0) is 21.4. The zero-order valence-electron chi connectivity index (χ0n) is 13.8. The molecule has 0 spiro atoms. The largest absolute Gasteiger partial charge is 0.432 e. The first-order valence-electron chi connectivity index (χ1n) is 7.06. The molecule has 2 aromatic carbocycles. The number of thioether (sulfide) groups is 1. The van der Waals surface area contributed by atoms with E-state index >= 15 is 0 Å². The van der Waals surface area contributed by atoms with Gasteiger partial charge in [0.2, 0.25) is 34.8 Å². The van der Waals surface area contributed by atoms with Gasteiger partial charge in [0.25, 0.3) is 0 Å². The molecule has 3 nitrogen and oxygen atoms in total. The van der Waals surface area contributed by atoms with Crippen LogP contribution in [-0.2, 0) is 0 Å². The molecule has 0 heterocycles. The van der Waals surface area contributed by atoms with E-state index in [1.807, 2.05) is 0 Å². The number of hydrogen-bond donors (Lipinski definition) is 0. The van der Waals surface area contributed by atoms with E-state index in [1.165, 1.54) is 6.26 Å². The third-order valence-corrected chi connectivity index (χ3v) is 4.46. The van der Waals surface area contributed by atoms with Crippen molar-refractivity contribution in [2.24, 2.45) is 0 Å². The van der Waals surface area contributed by atoms with Crippen LogP contribution in [0.3, 0.4) is 0 Å². The van der Waals surface area contributed by atoms with Gasteiger partial charge < -0.3 is 9.47 Å². The van der Waals surface area contributed by atoms with Crippen molar-refractivity contribution in [3.63, 3.8) is 0 Å². The molecule has 0 fully saturated rings. The highest BCUT2D eigenvalue weighted by Gasteiger charge is 2.31. The summed E-state index contributed by atoms with van der Waals surface area (Å²) in [6.45, 7) is 0.455. The summed E-state index contributed by atoms with van der Waals surface area (Å²) < 4.78 is 101. The van der Waals surface area contributed by atoms with Gasteiger partial charge in [0.05, 0.1) is 15.5 Å². The third kappa shape index (κ3) is 4.30. The van der Waals surface area contributed by atoms with E-state index in [2.05, 4.69) is 9.47 Å². The molecule has 2 rings (SSSR count). The van der Waals surface area contributed by atoms with Crippen LogP contribution in [0.1, 0.15) is 17.3 Å². The molecule has 0 saturated heterocycles. The van der Waals surface area contributed by atoms with Gasteiger partial charge in [-0.2, -0.15) is 17.6 Å². The van der Waals surface area contributed by atoms with E-state index in [0.29, 0.717) is 6.92 Å². The van der Waals surface area contributed by atoms with Crippen LogP contribution in [0.25, 0.3) is 0 Å². The van der Waals surface area contributed by atoms with Gasteiger partial charge >= 0.3 is 12.1 Å². The molecule has 0 atom stereocenters. The summed E-state index contributed by atoms with van der Waals surface area (Å²) >= 11 is 6.73. The molecule has 12 heteroatoms. The zero-order valence-corrected chi connectivity index (χ0v) is 15.4. The highest BCUT2D eigenvalue weighted by Crippen LogP contribution is 2.40. The fourth-order valence-corrected chi connectivity index (χ4v) is 3.05. The fraction of sp³-hybridized carbons (Fsp3) is 0.188. The smallest absolute Gasteiger partial charge is 0.394 e. The van der Waals surface area contributed by atoms with Crippen molar-refractivity contribution in [3.8, 4) is 11.5 Å². The molecule has 152 valence electrons. The van der Waals surface area contributed by atoms with E-state index in [4.69, 9.17) is 11.6 Å². The van der Waals surface area contributed by atoms with E-state index in [1.54, 1.807) is 0 Å². The quantitative estimate of drug-likeness (QED) is 0.141. The Morgan fingerprint density at radius 1 is 1.00 bits per heavy atom. The second-order valence-corrected chi connectivity index (χ2v) is 6.35. The standard InChI is InChI=1S/C16H8ClF7O3S/c1-16(23,24)27-6-4-3-5(7(17)14(6)28-2)15(25)26-13-11(21)9(19)8(18)10(20)12(13)22/h3-4H,1-2H3. The number of carbonyl (C=O) groups is 1. The van der Waals surface area contributed by atoms with Crippen molar-refractivity contribution in [2.45, 2.75) is 17.9 Å². The van der Waals surface area contributed by atoms with Crippen molar-refractivity contribution in [1.29, 1.82) is 0 Å². The fourth-order valence-electron chi connectivity index (χ4n) is 1.98. The molecule has 28 heavy (non-hydrogen) atoms. The van der Waals surface area contributed by atoms with Crippen LogP contribution in [0, 0.1) is 29.1 Å². The van der Waals surface area contributed by atoms with Gasteiger partial charge in [-0.15, -0.1) is 11.8 Å². The van der Waals surface area contributed by atoms with Gasteiger partial charge in [-0.25, -0.2) is 18.0 Å². The Hall–Kier alpha value is -2.14. The Kier molecular flexibility index (Phi) is 6.39. The van der Waals surface area contributed by atoms with Gasteiger partial charge in [0.1, 0.15) is 5.75 Å². The molecule has 0 radical (unpaired) electrons. The average molecular weight is 449 g/mol. The lowest BCUT2D eigenvalue weighted by atomic mass is 10.2. The normalized spacial score (nSPS) is 11.5. The Labute approximate surface area is 162 Å². The first kappa shape index (κ1) is 22.2. The topological polar surface area (TPSA) is 35.5 Å². The number of benzene rings is 2. The van der Waals surface area contributed by atoms with Crippen molar-refractivity contribution in [1.82, 2.24) is 0 Å². The summed E-state index contributed by atoms with van der Waals surface area (Å²) in [5.74, 6) is -15.6. The van der Waals surface area contributed by atoms with Crippen LogP contribution in [-0.4, -0.2) is 18.3 Å². The maximum atomic E-state index is 13.6. The molecule has 0 N–H and O–H groups in total. The van der Waals surface area contributed by atoms with Crippen molar-refractivity contribution in [2.75, 3.05) is 6.26 Å². The van der Waals surface area contributed by atoms with Crippen LogP contribution < -0.4 is 9.47 Å². The molecule has 0 aliphatic rings. The third-order valence-electron chi connectivity index (χ3n) is 3.14. The summed E-state index contributed by atoms with van der Waals surface area (Å²) in [7, 11) is 0. The van der Waals surface area contributed by atoms with Gasteiger partial charge in [0.15, 0.2) is 0 Å². The minimum Gasteiger partial charge on any atom is -0.432 e. The molecule has 0 bridgehead atoms. The summed E-state index contributed by atoms with van der Waals surface area (Å²) in [5.41, 5.74) is -0.582. The monoisotopic (exact) mass is 448 g/mol. The summed E-state index contributed by atoms with van der Waals surface area (Å²) in [6.07, 6.45) is -2.17. The minimum atomic E-state index is -3.58. The number of esters is 1. The van der Waals surface area contributed by atoms with E-state index in [9.17, 15) is 35.5 Å². The average Bonchev–Trinajstić information content (AvgIpc) is 2.61. The maximum absolute atomic E-state index is 13.6. The van der Waals surface area contributed by atoms with Gasteiger partial charge in [0, 0.05) is 6.92 Å². The summed E-state index contributed by atoms with van der Waals surface area (Å²) in [6, 6.07) is 1.74. The first-order valence-corrected chi connectivity index (χ1v) is 8.66. The Morgan fingerprint density at radius 3 is 1.96 bits per heavy atom. The van der Waals surface area contributed by atoms with Crippen LogP contribution in [0.2, 0.25) is 5.02 Å². The van der Waals surface area contributed by atoms with Gasteiger partial charge in [-0.05, 0) is 18.4 Å².